The van der Waals surface area contributed by atoms with Gasteiger partial charge in [0.05, 0.1) is 6.61 Å². The number of aliphatic hydroxyl groups excluding tert-OH is 1. The standard InChI is InChI=1S/C14H21ClN2O/c15-13-4-2-1-3-12(13)14(16)7-8-17(9-10-18)11-5-6-11/h1-4,11,14,18H,5-10,16H2. The van der Waals surface area contributed by atoms with Crippen LogP contribution in [-0.2, 0) is 0 Å². The van der Waals surface area contributed by atoms with Crippen molar-refractivity contribution in [3.05, 3.63) is 34.9 Å². The monoisotopic (exact) mass is 268 g/mol. The summed E-state index contributed by atoms with van der Waals surface area (Å²) in [4.78, 5) is 2.33. The van der Waals surface area contributed by atoms with Crippen molar-refractivity contribution in [3.8, 4) is 0 Å². The maximum atomic E-state index is 9.05. The second-order valence-electron chi connectivity index (χ2n) is 4.91. The number of aliphatic hydroxyl groups is 1. The molecule has 3 N–H and O–H groups in total. The highest BCUT2D eigenvalue weighted by Crippen LogP contribution is 2.28. The van der Waals surface area contributed by atoms with E-state index in [9.17, 15) is 0 Å². The molecule has 1 aliphatic rings. The molecule has 0 saturated heterocycles. The second kappa shape index (κ2) is 6.53. The van der Waals surface area contributed by atoms with Gasteiger partial charge < -0.3 is 10.8 Å². The van der Waals surface area contributed by atoms with Crippen molar-refractivity contribution >= 4 is 11.6 Å². The number of rotatable bonds is 7. The van der Waals surface area contributed by atoms with Crippen LogP contribution in [0.15, 0.2) is 24.3 Å². The first-order valence-corrected chi connectivity index (χ1v) is 6.95. The minimum Gasteiger partial charge on any atom is -0.395 e. The summed E-state index contributed by atoms with van der Waals surface area (Å²) in [5, 5.41) is 9.79. The summed E-state index contributed by atoms with van der Waals surface area (Å²) in [6.07, 6.45) is 3.38. The first-order chi connectivity index (χ1) is 8.72. The fraction of sp³-hybridized carbons (Fsp3) is 0.571. The largest absolute Gasteiger partial charge is 0.395 e. The van der Waals surface area contributed by atoms with Crippen LogP contribution in [0.5, 0.6) is 0 Å². The van der Waals surface area contributed by atoms with Gasteiger partial charge in [-0.15, -0.1) is 0 Å². The lowest BCUT2D eigenvalue weighted by Gasteiger charge is -2.23. The Morgan fingerprint density at radius 1 is 1.33 bits per heavy atom. The maximum absolute atomic E-state index is 9.05. The van der Waals surface area contributed by atoms with Crippen molar-refractivity contribution in [2.45, 2.75) is 31.3 Å². The van der Waals surface area contributed by atoms with Crippen LogP contribution in [0.25, 0.3) is 0 Å². The van der Waals surface area contributed by atoms with Crippen LogP contribution < -0.4 is 5.73 Å². The molecule has 0 bridgehead atoms. The molecule has 0 amide bonds. The highest BCUT2D eigenvalue weighted by atomic mass is 35.5. The third-order valence-corrected chi connectivity index (χ3v) is 3.83. The second-order valence-corrected chi connectivity index (χ2v) is 5.31. The predicted octanol–water partition coefficient (Wildman–Crippen LogP) is 2.19. The molecular weight excluding hydrogens is 248 g/mol. The highest BCUT2D eigenvalue weighted by molar-refractivity contribution is 6.31. The summed E-state index contributed by atoms with van der Waals surface area (Å²) in [7, 11) is 0. The van der Waals surface area contributed by atoms with Crippen LogP contribution in [0.3, 0.4) is 0 Å². The average Bonchev–Trinajstić information content (AvgIpc) is 3.19. The normalized spacial score (nSPS) is 17.1. The zero-order valence-electron chi connectivity index (χ0n) is 10.6. The van der Waals surface area contributed by atoms with E-state index >= 15 is 0 Å². The zero-order chi connectivity index (χ0) is 13.0. The smallest absolute Gasteiger partial charge is 0.0558 e. The third-order valence-electron chi connectivity index (χ3n) is 3.48. The molecule has 2 rings (SSSR count). The van der Waals surface area contributed by atoms with E-state index in [4.69, 9.17) is 22.4 Å². The quantitative estimate of drug-likeness (QED) is 0.797. The Morgan fingerprint density at radius 3 is 2.67 bits per heavy atom. The number of nitrogens with zero attached hydrogens (tertiary/aromatic N) is 1. The molecule has 0 aromatic heterocycles. The molecule has 1 atom stereocenters. The van der Waals surface area contributed by atoms with Crippen LogP contribution in [0.2, 0.25) is 5.02 Å². The van der Waals surface area contributed by atoms with Gasteiger partial charge in [-0.3, -0.25) is 4.90 Å². The minimum absolute atomic E-state index is 0.0290. The Morgan fingerprint density at radius 2 is 2.06 bits per heavy atom. The summed E-state index contributed by atoms with van der Waals surface area (Å²) in [6.45, 7) is 1.90. The molecule has 1 aliphatic carbocycles. The average molecular weight is 269 g/mol. The number of nitrogens with two attached hydrogens (primary N) is 1. The molecule has 0 spiro atoms. The summed E-state index contributed by atoms with van der Waals surface area (Å²) in [5.41, 5.74) is 7.20. The molecule has 100 valence electrons. The molecule has 0 heterocycles. The van der Waals surface area contributed by atoms with Crippen LogP contribution in [-0.4, -0.2) is 35.7 Å². The van der Waals surface area contributed by atoms with Gasteiger partial charge in [0.2, 0.25) is 0 Å². The van der Waals surface area contributed by atoms with Crippen LogP contribution >= 0.6 is 11.6 Å². The van der Waals surface area contributed by atoms with Gasteiger partial charge in [-0.2, -0.15) is 0 Å². The van der Waals surface area contributed by atoms with Crippen molar-refractivity contribution < 1.29 is 5.11 Å². The Bertz CT molecular complexity index is 382. The Labute approximate surface area is 114 Å². The fourth-order valence-corrected chi connectivity index (χ4v) is 2.56. The van der Waals surface area contributed by atoms with Crippen LogP contribution in [0.1, 0.15) is 30.9 Å². The van der Waals surface area contributed by atoms with Crippen molar-refractivity contribution in [2.75, 3.05) is 19.7 Å². The number of hydrogen-bond acceptors (Lipinski definition) is 3. The van der Waals surface area contributed by atoms with Gasteiger partial charge in [0.1, 0.15) is 0 Å². The van der Waals surface area contributed by atoms with Crippen molar-refractivity contribution in [1.29, 1.82) is 0 Å². The predicted molar refractivity (Wildman–Crippen MR) is 74.7 cm³/mol. The van der Waals surface area contributed by atoms with E-state index in [1.165, 1.54) is 12.8 Å². The molecule has 18 heavy (non-hydrogen) atoms. The van der Waals surface area contributed by atoms with Gasteiger partial charge in [-0.25, -0.2) is 0 Å². The third kappa shape index (κ3) is 3.69. The van der Waals surface area contributed by atoms with E-state index in [1.807, 2.05) is 24.3 Å². The lowest BCUT2D eigenvalue weighted by atomic mass is 10.0. The van der Waals surface area contributed by atoms with Crippen molar-refractivity contribution in [1.82, 2.24) is 4.90 Å². The van der Waals surface area contributed by atoms with Gasteiger partial charge in [0.15, 0.2) is 0 Å². The summed E-state index contributed by atoms with van der Waals surface area (Å²) in [5.74, 6) is 0. The number of hydrogen-bond donors (Lipinski definition) is 2. The molecule has 1 unspecified atom stereocenters. The highest BCUT2D eigenvalue weighted by Gasteiger charge is 2.28. The fourth-order valence-electron chi connectivity index (χ4n) is 2.28. The maximum Gasteiger partial charge on any atom is 0.0558 e. The first-order valence-electron chi connectivity index (χ1n) is 6.57. The van der Waals surface area contributed by atoms with E-state index < -0.39 is 0 Å². The molecule has 1 fully saturated rings. The van der Waals surface area contributed by atoms with Crippen molar-refractivity contribution in [2.24, 2.45) is 5.73 Å². The number of halogens is 1. The Balaban J connectivity index is 1.87. The van der Waals surface area contributed by atoms with Gasteiger partial charge in [0.25, 0.3) is 0 Å². The van der Waals surface area contributed by atoms with Gasteiger partial charge in [-0.05, 0) is 30.9 Å². The van der Waals surface area contributed by atoms with E-state index in [0.29, 0.717) is 6.04 Å². The molecule has 0 aliphatic heterocycles. The van der Waals surface area contributed by atoms with Crippen LogP contribution in [0, 0.1) is 0 Å². The van der Waals surface area contributed by atoms with E-state index in [-0.39, 0.29) is 12.6 Å². The molecule has 1 aromatic rings. The lowest BCUT2D eigenvalue weighted by Crippen LogP contribution is -2.32. The molecule has 0 radical (unpaired) electrons. The molecular formula is C14H21ClN2O. The lowest BCUT2D eigenvalue weighted by molar-refractivity contribution is 0.185. The molecule has 1 saturated carbocycles. The molecule has 1 aromatic carbocycles. The van der Waals surface area contributed by atoms with Gasteiger partial charge >= 0.3 is 0 Å². The Hall–Kier alpha value is -0.610. The number of benzene rings is 1. The van der Waals surface area contributed by atoms with E-state index in [2.05, 4.69) is 4.90 Å². The SMILES string of the molecule is NC(CCN(CCO)C1CC1)c1ccccc1Cl. The summed E-state index contributed by atoms with van der Waals surface area (Å²) < 4.78 is 0. The van der Waals surface area contributed by atoms with Crippen molar-refractivity contribution in [3.63, 3.8) is 0 Å². The molecule has 4 heteroatoms. The topological polar surface area (TPSA) is 49.5 Å². The minimum atomic E-state index is -0.0290. The van der Waals surface area contributed by atoms with Crippen LogP contribution in [0.4, 0.5) is 0 Å². The summed E-state index contributed by atoms with van der Waals surface area (Å²) in [6, 6.07) is 8.38. The first kappa shape index (κ1) is 13.8. The Kier molecular flexibility index (Phi) is 5.01. The zero-order valence-corrected chi connectivity index (χ0v) is 11.3. The van der Waals surface area contributed by atoms with Gasteiger partial charge in [0, 0.05) is 30.2 Å². The van der Waals surface area contributed by atoms with Gasteiger partial charge in [-0.1, -0.05) is 29.8 Å². The van der Waals surface area contributed by atoms with E-state index in [1.54, 1.807) is 0 Å². The summed E-state index contributed by atoms with van der Waals surface area (Å²) >= 11 is 6.14. The van der Waals surface area contributed by atoms with E-state index in [0.717, 1.165) is 30.1 Å². The molecule has 3 nitrogen and oxygen atoms in total.